The molecule has 1 aromatic rings. The van der Waals surface area contributed by atoms with Gasteiger partial charge in [-0.25, -0.2) is 13.2 Å². The van der Waals surface area contributed by atoms with Gasteiger partial charge in [-0.15, -0.1) is 0 Å². The Morgan fingerprint density at radius 3 is 2.00 bits per heavy atom. The number of benzene rings is 1. The fourth-order valence-corrected chi connectivity index (χ4v) is 5.47. The van der Waals surface area contributed by atoms with Gasteiger partial charge in [-0.05, 0) is 62.2 Å². The molecule has 6 heteroatoms. The van der Waals surface area contributed by atoms with Crippen LogP contribution in [0.1, 0.15) is 84.0 Å². The lowest BCUT2D eigenvalue weighted by Crippen LogP contribution is -2.26. The predicted octanol–water partition coefficient (Wildman–Crippen LogP) is 8.82. The van der Waals surface area contributed by atoms with Crippen molar-refractivity contribution in [2.45, 2.75) is 90.1 Å². The van der Waals surface area contributed by atoms with E-state index in [4.69, 9.17) is 0 Å². The van der Waals surface area contributed by atoms with E-state index in [0.29, 0.717) is 24.1 Å². The highest BCUT2D eigenvalue weighted by Gasteiger charge is 2.32. The normalized spacial score (nSPS) is 27.1. The Bertz CT molecular complexity index is 724. The minimum atomic E-state index is -3.72. The second-order valence-corrected chi connectivity index (χ2v) is 9.68. The fourth-order valence-electron chi connectivity index (χ4n) is 5.47. The lowest BCUT2D eigenvalue weighted by Gasteiger charge is -2.37. The maximum Gasteiger partial charge on any atom is 0.419 e. The van der Waals surface area contributed by atoms with Gasteiger partial charge < -0.3 is 4.74 Å². The topological polar surface area (TPSA) is 9.23 Å². The molecule has 180 valence electrons. The van der Waals surface area contributed by atoms with Crippen LogP contribution in [0.4, 0.5) is 22.0 Å². The van der Waals surface area contributed by atoms with Crippen LogP contribution in [0.5, 0.6) is 5.75 Å². The van der Waals surface area contributed by atoms with Crippen LogP contribution in [0, 0.1) is 41.1 Å². The standard InChI is InChI=1S/C26H35F5O/c1-2-3-4-5-18-6-10-20(11-7-18)21-12-8-19(9-13-21)14-15-26(30,31)32-22-16-23(27)25(29)24(28)17-22/h14-21H,2-13H2,1H3/b15-14+/t18-,19?,20-,21?. The molecule has 2 aliphatic rings. The molecule has 0 aromatic heterocycles. The molecule has 2 fully saturated rings. The number of hydrogen-bond donors (Lipinski definition) is 0. The molecule has 0 amide bonds. The highest BCUT2D eigenvalue weighted by molar-refractivity contribution is 5.26. The van der Waals surface area contributed by atoms with Crippen LogP contribution in [0.3, 0.4) is 0 Å². The zero-order valence-electron chi connectivity index (χ0n) is 18.9. The maximum absolute atomic E-state index is 14.1. The molecule has 0 N–H and O–H groups in total. The molecule has 0 unspecified atom stereocenters. The summed E-state index contributed by atoms with van der Waals surface area (Å²) in [5, 5.41) is 0. The number of hydrogen-bond acceptors (Lipinski definition) is 1. The summed E-state index contributed by atoms with van der Waals surface area (Å²) >= 11 is 0. The molecule has 0 aliphatic heterocycles. The summed E-state index contributed by atoms with van der Waals surface area (Å²) in [7, 11) is 0. The van der Waals surface area contributed by atoms with E-state index in [1.807, 2.05) is 0 Å². The molecular weight excluding hydrogens is 423 g/mol. The number of alkyl halides is 2. The molecule has 32 heavy (non-hydrogen) atoms. The average Bonchev–Trinajstić information content (AvgIpc) is 2.77. The first-order valence-corrected chi connectivity index (χ1v) is 12.2. The predicted molar refractivity (Wildman–Crippen MR) is 116 cm³/mol. The van der Waals surface area contributed by atoms with Crippen LogP contribution in [-0.4, -0.2) is 6.11 Å². The van der Waals surface area contributed by atoms with Gasteiger partial charge in [0.1, 0.15) is 5.75 Å². The molecule has 0 atom stereocenters. The Hall–Kier alpha value is -1.59. The number of ether oxygens (including phenoxy) is 1. The van der Waals surface area contributed by atoms with Crippen molar-refractivity contribution in [3.8, 4) is 5.75 Å². The third kappa shape index (κ3) is 7.21. The highest BCUT2D eigenvalue weighted by atomic mass is 19.3. The van der Waals surface area contributed by atoms with Crippen molar-refractivity contribution in [1.29, 1.82) is 0 Å². The minimum Gasteiger partial charge on any atom is -0.429 e. The Morgan fingerprint density at radius 2 is 1.44 bits per heavy atom. The third-order valence-corrected chi connectivity index (χ3v) is 7.36. The van der Waals surface area contributed by atoms with Gasteiger partial charge >= 0.3 is 6.11 Å². The summed E-state index contributed by atoms with van der Waals surface area (Å²) < 4.78 is 72.0. The van der Waals surface area contributed by atoms with Gasteiger partial charge in [0, 0.05) is 18.2 Å². The van der Waals surface area contributed by atoms with E-state index in [1.165, 1.54) is 57.4 Å². The van der Waals surface area contributed by atoms with Crippen molar-refractivity contribution in [3.63, 3.8) is 0 Å². The molecule has 3 rings (SSSR count). The van der Waals surface area contributed by atoms with Crippen LogP contribution in [0.25, 0.3) is 0 Å². The molecule has 0 saturated heterocycles. The molecular formula is C26H35F5O. The Labute approximate surface area is 188 Å². The van der Waals surface area contributed by atoms with Crippen molar-refractivity contribution in [3.05, 3.63) is 41.7 Å². The van der Waals surface area contributed by atoms with Gasteiger partial charge in [0.25, 0.3) is 0 Å². The van der Waals surface area contributed by atoms with E-state index >= 15 is 0 Å². The van der Waals surface area contributed by atoms with Crippen LogP contribution < -0.4 is 4.74 Å². The van der Waals surface area contributed by atoms with Crippen LogP contribution >= 0.6 is 0 Å². The van der Waals surface area contributed by atoms with Crippen molar-refractivity contribution in [2.75, 3.05) is 0 Å². The zero-order valence-corrected chi connectivity index (χ0v) is 18.9. The van der Waals surface area contributed by atoms with Gasteiger partial charge in [-0.1, -0.05) is 51.5 Å². The van der Waals surface area contributed by atoms with Gasteiger partial charge in [-0.2, -0.15) is 8.78 Å². The van der Waals surface area contributed by atoms with Crippen LogP contribution in [0.2, 0.25) is 0 Å². The van der Waals surface area contributed by atoms with E-state index in [-0.39, 0.29) is 5.92 Å². The summed E-state index contributed by atoms with van der Waals surface area (Å²) in [6.07, 6.45) is 12.8. The molecule has 2 aliphatic carbocycles. The van der Waals surface area contributed by atoms with E-state index in [9.17, 15) is 22.0 Å². The third-order valence-electron chi connectivity index (χ3n) is 7.36. The van der Waals surface area contributed by atoms with Gasteiger partial charge in [-0.3, -0.25) is 0 Å². The average molecular weight is 459 g/mol. The number of unbranched alkanes of at least 4 members (excludes halogenated alkanes) is 2. The Balaban J connectivity index is 1.42. The smallest absolute Gasteiger partial charge is 0.419 e. The zero-order chi connectivity index (χ0) is 23.1. The lowest BCUT2D eigenvalue weighted by atomic mass is 9.68. The molecule has 2 saturated carbocycles. The lowest BCUT2D eigenvalue weighted by molar-refractivity contribution is -0.132. The summed E-state index contributed by atoms with van der Waals surface area (Å²) in [4.78, 5) is 0. The van der Waals surface area contributed by atoms with Gasteiger partial charge in [0.05, 0.1) is 0 Å². The number of halogens is 5. The number of allylic oxidation sites excluding steroid dienone is 1. The van der Waals surface area contributed by atoms with E-state index < -0.39 is 29.3 Å². The minimum absolute atomic E-state index is 0.0489. The second-order valence-electron chi connectivity index (χ2n) is 9.68. The first-order valence-electron chi connectivity index (χ1n) is 12.2. The van der Waals surface area contributed by atoms with E-state index in [2.05, 4.69) is 11.7 Å². The highest BCUT2D eigenvalue weighted by Crippen LogP contribution is 2.42. The van der Waals surface area contributed by atoms with Crippen molar-refractivity contribution < 1.29 is 26.7 Å². The SMILES string of the molecule is CCCCC[C@H]1CC[C@H](C2CCC(/C=C/C(F)(F)Oc3cc(F)c(F)c(F)c3)CC2)CC1. The summed E-state index contributed by atoms with van der Waals surface area (Å²) in [6.45, 7) is 2.24. The first-order chi connectivity index (χ1) is 15.3. The molecule has 0 bridgehead atoms. The van der Waals surface area contributed by atoms with Gasteiger partial charge in [0.15, 0.2) is 17.5 Å². The second kappa shape index (κ2) is 11.5. The first kappa shape index (κ1) is 25.0. The summed E-state index contributed by atoms with van der Waals surface area (Å²) in [5.74, 6) is -3.17. The van der Waals surface area contributed by atoms with Crippen LogP contribution in [-0.2, 0) is 0 Å². The summed E-state index contributed by atoms with van der Waals surface area (Å²) in [6, 6.07) is 0.841. The van der Waals surface area contributed by atoms with Crippen molar-refractivity contribution >= 4 is 0 Å². The largest absolute Gasteiger partial charge is 0.429 e. The van der Waals surface area contributed by atoms with E-state index in [1.54, 1.807) is 0 Å². The Kier molecular flexibility index (Phi) is 9.01. The molecule has 1 aromatic carbocycles. The molecule has 0 spiro atoms. The number of rotatable bonds is 9. The van der Waals surface area contributed by atoms with Crippen molar-refractivity contribution in [2.24, 2.45) is 23.7 Å². The fraction of sp³-hybridized carbons (Fsp3) is 0.692. The summed E-state index contributed by atoms with van der Waals surface area (Å²) in [5.41, 5.74) is 0. The van der Waals surface area contributed by atoms with Gasteiger partial charge in [0.2, 0.25) is 0 Å². The van der Waals surface area contributed by atoms with Crippen molar-refractivity contribution in [1.82, 2.24) is 0 Å². The molecule has 0 heterocycles. The van der Waals surface area contributed by atoms with Crippen LogP contribution in [0.15, 0.2) is 24.3 Å². The monoisotopic (exact) mass is 458 g/mol. The Morgan fingerprint density at radius 1 is 0.875 bits per heavy atom. The maximum atomic E-state index is 14.1. The molecule has 1 nitrogen and oxygen atoms in total. The van der Waals surface area contributed by atoms with E-state index in [0.717, 1.165) is 37.5 Å². The quantitative estimate of drug-likeness (QED) is 0.155. The molecule has 0 radical (unpaired) electrons.